The molecule has 0 fully saturated rings. The number of rotatable bonds is 2. The van der Waals surface area contributed by atoms with E-state index >= 15 is 0 Å². The van der Waals surface area contributed by atoms with Crippen LogP contribution >= 0.6 is 23.2 Å². The van der Waals surface area contributed by atoms with E-state index < -0.39 is 0 Å². The van der Waals surface area contributed by atoms with Crippen LogP contribution in [0, 0.1) is 5.82 Å². The molecule has 2 rings (SSSR count). The summed E-state index contributed by atoms with van der Waals surface area (Å²) in [5.41, 5.74) is 1.47. The van der Waals surface area contributed by atoms with Gasteiger partial charge in [0.25, 0.3) is 0 Å². The predicted molar refractivity (Wildman–Crippen MR) is 70.1 cm³/mol. The molecular weight excluding hydrogens is 260 g/mol. The monoisotopic (exact) mass is 267 g/mol. The van der Waals surface area contributed by atoms with Crippen LogP contribution in [0.4, 0.5) is 10.1 Å². The van der Waals surface area contributed by atoms with Crippen LogP contribution in [0.15, 0.2) is 47.5 Å². The molecule has 0 bridgehead atoms. The zero-order valence-corrected chi connectivity index (χ0v) is 10.2. The second-order valence-electron chi connectivity index (χ2n) is 3.44. The first-order valence-electron chi connectivity index (χ1n) is 4.89. The SMILES string of the molecule is Fc1ccc(/C=N/c2cc(Cl)cc(Cl)c2)cc1. The molecule has 86 valence electrons. The molecule has 0 amide bonds. The summed E-state index contributed by atoms with van der Waals surface area (Å²) in [4.78, 5) is 4.21. The van der Waals surface area contributed by atoms with Crippen LogP contribution in [0.3, 0.4) is 0 Å². The van der Waals surface area contributed by atoms with Crippen molar-refractivity contribution in [2.75, 3.05) is 0 Å². The van der Waals surface area contributed by atoms with Crippen molar-refractivity contribution in [2.45, 2.75) is 0 Å². The van der Waals surface area contributed by atoms with E-state index in [2.05, 4.69) is 4.99 Å². The molecular formula is C13H8Cl2FN. The number of hydrogen-bond acceptors (Lipinski definition) is 1. The second kappa shape index (κ2) is 5.30. The molecule has 1 nitrogen and oxygen atoms in total. The lowest BCUT2D eigenvalue weighted by Crippen LogP contribution is -1.81. The molecule has 0 aliphatic rings. The van der Waals surface area contributed by atoms with Gasteiger partial charge in [-0.15, -0.1) is 0 Å². The maximum Gasteiger partial charge on any atom is 0.123 e. The van der Waals surface area contributed by atoms with Crippen molar-refractivity contribution in [3.8, 4) is 0 Å². The maximum absolute atomic E-state index is 12.7. The molecule has 0 aromatic heterocycles. The molecule has 17 heavy (non-hydrogen) atoms. The number of hydrogen-bond donors (Lipinski definition) is 0. The molecule has 0 heterocycles. The van der Waals surface area contributed by atoms with Gasteiger partial charge in [0.2, 0.25) is 0 Å². The molecule has 0 saturated carbocycles. The Balaban J connectivity index is 2.22. The van der Waals surface area contributed by atoms with Gasteiger partial charge in [0.1, 0.15) is 5.82 Å². The highest BCUT2D eigenvalue weighted by Crippen LogP contribution is 2.24. The van der Waals surface area contributed by atoms with E-state index in [0.29, 0.717) is 15.7 Å². The summed E-state index contributed by atoms with van der Waals surface area (Å²) in [5, 5.41) is 1.06. The summed E-state index contributed by atoms with van der Waals surface area (Å²) in [6.07, 6.45) is 1.63. The predicted octanol–water partition coefficient (Wildman–Crippen LogP) is 4.88. The van der Waals surface area contributed by atoms with E-state index in [4.69, 9.17) is 23.2 Å². The van der Waals surface area contributed by atoms with Gasteiger partial charge in [-0.3, -0.25) is 4.99 Å². The smallest absolute Gasteiger partial charge is 0.123 e. The summed E-state index contributed by atoms with van der Waals surface area (Å²) in [5.74, 6) is -0.270. The summed E-state index contributed by atoms with van der Waals surface area (Å²) in [7, 11) is 0. The Morgan fingerprint density at radius 3 is 2.12 bits per heavy atom. The normalized spacial score (nSPS) is 11.0. The topological polar surface area (TPSA) is 12.4 Å². The van der Waals surface area contributed by atoms with Crippen LogP contribution < -0.4 is 0 Å². The molecule has 2 aromatic rings. The fourth-order valence-electron chi connectivity index (χ4n) is 1.31. The van der Waals surface area contributed by atoms with E-state index in [0.717, 1.165) is 5.56 Å². The van der Waals surface area contributed by atoms with E-state index in [1.807, 2.05) is 0 Å². The van der Waals surface area contributed by atoms with Gasteiger partial charge in [-0.05, 0) is 35.9 Å². The number of nitrogens with zero attached hydrogens (tertiary/aromatic N) is 1. The highest BCUT2D eigenvalue weighted by molar-refractivity contribution is 6.35. The average Bonchev–Trinajstić information content (AvgIpc) is 2.27. The van der Waals surface area contributed by atoms with Crippen molar-refractivity contribution in [3.05, 3.63) is 63.9 Å². The average molecular weight is 268 g/mol. The molecule has 0 unspecified atom stereocenters. The largest absolute Gasteiger partial charge is 0.256 e. The van der Waals surface area contributed by atoms with Crippen LogP contribution in [0.25, 0.3) is 0 Å². The minimum absolute atomic E-state index is 0.270. The van der Waals surface area contributed by atoms with Gasteiger partial charge in [0, 0.05) is 16.3 Å². The molecule has 0 atom stereocenters. The molecule has 0 aliphatic heterocycles. The van der Waals surface area contributed by atoms with Crippen LogP contribution in [-0.2, 0) is 0 Å². The highest BCUT2D eigenvalue weighted by atomic mass is 35.5. The second-order valence-corrected chi connectivity index (χ2v) is 4.31. The van der Waals surface area contributed by atoms with E-state index in [1.165, 1.54) is 12.1 Å². The Kier molecular flexibility index (Phi) is 3.77. The molecule has 0 saturated heterocycles. The first-order valence-corrected chi connectivity index (χ1v) is 5.65. The van der Waals surface area contributed by atoms with Crippen LogP contribution in [0.2, 0.25) is 10.0 Å². The minimum Gasteiger partial charge on any atom is -0.256 e. The zero-order valence-electron chi connectivity index (χ0n) is 8.70. The van der Waals surface area contributed by atoms with Crippen molar-refractivity contribution < 1.29 is 4.39 Å². The molecule has 0 spiro atoms. The third-order valence-corrected chi connectivity index (χ3v) is 2.52. The van der Waals surface area contributed by atoms with Gasteiger partial charge in [-0.1, -0.05) is 35.3 Å². The van der Waals surface area contributed by atoms with Crippen molar-refractivity contribution in [3.63, 3.8) is 0 Å². The zero-order chi connectivity index (χ0) is 12.3. The lowest BCUT2D eigenvalue weighted by Gasteiger charge is -1.97. The maximum atomic E-state index is 12.7. The number of benzene rings is 2. The number of aliphatic imine (C=N–C) groups is 1. The fraction of sp³-hybridized carbons (Fsp3) is 0. The van der Waals surface area contributed by atoms with E-state index in [1.54, 1.807) is 36.5 Å². The van der Waals surface area contributed by atoms with Crippen LogP contribution in [0.1, 0.15) is 5.56 Å². The van der Waals surface area contributed by atoms with Gasteiger partial charge < -0.3 is 0 Å². The van der Waals surface area contributed by atoms with Gasteiger partial charge in [0.15, 0.2) is 0 Å². The summed E-state index contributed by atoms with van der Waals surface area (Å²) >= 11 is 11.7. The third-order valence-electron chi connectivity index (χ3n) is 2.08. The Morgan fingerprint density at radius 1 is 0.941 bits per heavy atom. The van der Waals surface area contributed by atoms with Crippen LogP contribution in [-0.4, -0.2) is 6.21 Å². The molecule has 0 radical (unpaired) electrons. The molecule has 4 heteroatoms. The molecule has 0 aliphatic carbocycles. The Morgan fingerprint density at radius 2 is 1.53 bits per heavy atom. The number of halogens is 3. The van der Waals surface area contributed by atoms with Gasteiger partial charge in [-0.25, -0.2) is 4.39 Å². The minimum atomic E-state index is -0.270. The Labute approximate surface area is 109 Å². The van der Waals surface area contributed by atoms with Crippen molar-refractivity contribution >= 4 is 35.1 Å². The van der Waals surface area contributed by atoms with Crippen molar-refractivity contribution in [1.82, 2.24) is 0 Å². The quantitative estimate of drug-likeness (QED) is 0.688. The van der Waals surface area contributed by atoms with E-state index in [9.17, 15) is 4.39 Å². The van der Waals surface area contributed by atoms with Gasteiger partial charge >= 0.3 is 0 Å². The first-order chi connectivity index (χ1) is 8.13. The summed E-state index contributed by atoms with van der Waals surface area (Å²) in [6.45, 7) is 0. The van der Waals surface area contributed by atoms with E-state index in [-0.39, 0.29) is 5.82 Å². The Hall–Kier alpha value is -1.38. The lowest BCUT2D eigenvalue weighted by molar-refractivity contribution is 0.628. The lowest BCUT2D eigenvalue weighted by atomic mass is 10.2. The first kappa shape index (κ1) is 12.1. The highest BCUT2D eigenvalue weighted by Gasteiger charge is 1.96. The molecule has 0 N–H and O–H groups in total. The van der Waals surface area contributed by atoms with Crippen LogP contribution in [0.5, 0.6) is 0 Å². The summed E-state index contributed by atoms with van der Waals surface area (Å²) < 4.78 is 12.7. The third kappa shape index (κ3) is 3.55. The van der Waals surface area contributed by atoms with Crippen molar-refractivity contribution in [2.24, 2.45) is 4.99 Å². The van der Waals surface area contributed by atoms with Gasteiger partial charge in [-0.2, -0.15) is 0 Å². The van der Waals surface area contributed by atoms with Crippen molar-refractivity contribution in [1.29, 1.82) is 0 Å². The Bertz CT molecular complexity index is 530. The van der Waals surface area contributed by atoms with Gasteiger partial charge in [0.05, 0.1) is 5.69 Å². The molecule has 2 aromatic carbocycles. The standard InChI is InChI=1S/C13H8Cl2FN/c14-10-5-11(15)7-13(6-10)17-8-9-1-3-12(16)4-2-9/h1-8H/b17-8+. The fourth-order valence-corrected chi connectivity index (χ4v) is 1.83. The summed E-state index contributed by atoms with van der Waals surface area (Å²) in [6, 6.07) is 11.1.